The van der Waals surface area contributed by atoms with Crippen LogP contribution in [-0.2, 0) is 0 Å². The van der Waals surface area contributed by atoms with Crippen molar-refractivity contribution in [3.63, 3.8) is 0 Å². The molecule has 0 fully saturated rings. The highest BCUT2D eigenvalue weighted by Crippen LogP contribution is 2.38. The van der Waals surface area contributed by atoms with Crippen molar-refractivity contribution in [1.29, 1.82) is 0 Å². The van der Waals surface area contributed by atoms with Crippen molar-refractivity contribution in [2.75, 3.05) is 0 Å². The first kappa shape index (κ1) is 20.7. The van der Waals surface area contributed by atoms with Crippen LogP contribution in [0.3, 0.4) is 0 Å². The molecule has 2 aromatic heterocycles. The molecule has 2 aromatic carbocycles. The van der Waals surface area contributed by atoms with Crippen LogP contribution in [-0.4, -0.2) is 26.7 Å². The SMILES string of the molecule is Cc1ccc(-c2cc(C(=O)N3N=C(c4cccnc4)CC3c3ccccc3O)c(C)o2)cc1. The third-order valence-electron chi connectivity index (χ3n) is 5.89. The highest BCUT2D eigenvalue weighted by atomic mass is 16.3. The minimum Gasteiger partial charge on any atom is -0.508 e. The molecule has 1 aliphatic rings. The third-order valence-corrected chi connectivity index (χ3v) is 5.89. The van der Waals surface area contributed by atoms with Crippen molar-refractivity contribution < 1.29 is 14.3 Å². The van der Waals surface area contributed by atoms with Crippen LogP contribution in [0.2, 0.25) is 0 Å². The van der Waals surface area contributed by atoms with Gasteiger partial charge in [0.2, 0.25) is 0 Å². The number of phenolic OH excluding ortho intramolecular Hbond substituents is 1. The summed E-state index contributed by atoms with van der Waals surface area (Å²) in [6.45, 7) is 3.80. The standard InChI is InChI=1S/C27H23N3O3/c1-17-9-11-19(12-10-17)26-14-22(18(2)33-26)27(32)30-24(21-7-3-4-8-25(21)31)15-23(29-30)20-6-5-13-28-16-20/h3-14,16,24,31H,15H2,1-2H3. The number of aryl methyl sites for hydroxylation is 2. The summed E-state index contributed by atoms with van der Waals surface area (Å²) in [5, 5.41) is 16.6. The Labute approximate surface area is 191 Å². The maximum atomic E-state index is 13.7. The predicted octanol–water partition coefficient (Wildman–Crippen LogP) is 5.66. The summed E-state index contributed by atoms with van der Waals surface area (Å²) in [5.74, 6) is 1.01. The number of aromatic hydroxyl groups is 1. The second-order valence-electron chi connectivity index (χ2n) is 8.16. The summed E-state index contributed by atoms with van der Waals surface area (Å²) in [6.07, 6.45) is 3.90. The van der Waals surface area contributed by atoms with E-state index in [0.29, 0.717) is 29.1 Å². The van der Waals surface area contributed by atoms with Gasteiger partial charge in [-0.3, -0.25) is 9.78 Å². The third kappa shape index (κ3) is 3.91. The molecule has 1 unspecified atom stereocenters. The molecule has 0 bridgehead atoms. The summed E-state index contributed by atoms with van der Waals surface area (Å²) >= 11 is 0. The van der Waals surface area contributed by atoms with E-state index in [0.717, 1.165) is 22.4 Å². The fraction of sp³-hybridized carbons (Fsp3) is 0.148. The van der Waals surface area contributed by atoms with E-state index in [2.05, 4.69) is 10.1 Å². The Morgan fingerprint density at radius 3 is 2.55 bits per heavy atom. The molecule has 164 valence electrons. The molecule has 0 saturated heterocycles. The minimum atomic E-state index is -0.439. The van der Waals surface area contributed by atoms with E-state index in [1.807, 2.05) is 55.5 Å². The summed E-state index contributed by atoms with van der Waals surface area (Å²) < 4.78 is 5.94. The molecule has 0 radical (unpaired) electrons. The summed E-state index contributed by atoms with van der Waals surface area (Å²) in [6, 6.07) is 20.1. The molecular formula is C27H23N3O3. The summed E-state index contributed by atoms with van der Waals surface area (Å²) in [5.41, 5.74) is 4.73. The van der Waals surface area contributed by atoms with Crippen molar-refractivity contribution in [2.24, 2.45) is 5.10 Å². The molecule has 0 aliphatic carbocycles. The number of aromatic nitrogens is 1. The van der Waals surface area contributed by atoms with Crippen LogP contribution in [0.15, 0.2) is 88.6 Å². The Bertz CT molecular complexity index is 1340. The number of para-hydroxylation sites is 1. The first-order valence-corrected chi connectivity index (χ1v) is 10.8. The number of furan rings is 1. The molecule has 5 rings (SSSR count). The predicted molar refractivity (Wildman–Crippen MR) is 126 cm³/mol. The van der Waals surface area contributed by atoms with Crippen LogP contribution in [0.4, 0.5) is 0 Å². The maximum Gasteiger partial charge on any atom is 0.278 e. The average Bonchev–Trinajstić information content (AvgIpc) is 3.44. The first-order valence-electron chi connectivity index (χ1n) is 10.8. The zero-order valence-corrected chi connectivity index (χ0v) is 18.4. The topological polar surface area (TPSA) is 78.9 Å². The molecule has 0 saturated carbocycles. The van der Waals surface area contributed by atoms with Crippen LogP contribution < -0.4 is 0 Å². The fourth-order valence-corrected chi connectivity index (χ4v) is 4.10. The van der Waals surface area contributed by atoms with E-state index in [1.165, 1.54) is 5.01 Å². The van der Waals surface area contributed by atoms with Crippen LogP contribution in [0.1, 0.15) is 45.3 Å². The zero-order valence-electron chi connectivity index (χ0n) is 18.4. The number of hydrogen-bond donors (Lipinski definition) is 1. The summed E-state index contributed by atoms with van der Waals surface area (Å²) in [7, 11) is 0. The Hall–Kier alpha value is -4.19. The van der Waals surface area contributed by atoms with Crippen molar-refractivity contribution in [3.8, 4) is 17.1 Å². The molecule has 3 heterocycles. The number of phenols is 1. The number of carbonyl (C=O) groups is 1. The Morgan fingerprint density at radius 2 is 1.82 bits per heavy atom. The maximum absolute atomic E-state index is 13.7. The van der Waals surface area contributed by atoms with Gasteiger partial charge in [0.05, 0.1) is 17.3 Å². The van der Waals surface area contributed by atoms with Crippen molar-refractivity contribution in [2.45, 2.75) is 26.3 Å². The van der Waals surface area contributed by atoms with Gasteiger partial charge in [-0.1, -0.05) is 54.1 Å². The monoisotopic (exact) mass is 437 g/mol. The van der Waals surface area contributed by atoms with Crippen LogP contribution >= 0.6 is 0 Å². The highest BCUT2D eigenvalue weighted by molar-refractivity contribution is 6.05. The Morgan fingerprint density at radius 1 is 1.03 bits per heavy atom. The van der Waals surface area contributed by atoms with Crippen molar-refractivity contribution in [3.05, 3.63) is 107 Å². The van der Waals surface area contributed by atoms with E-state index in [4.69, 9.17) is 4.42 Å². The molecular weight excluding hydrogens is 414 g/mol. The number of hydrazone groups is 1. The lowest BCUT2D eigenvalue weighted by Gasteiger charge is -2.22. The number of amides is 1. The minimum absolute atomic E-state index is 0.132. The zero-order chi connectivity index (χ0) is 22.9. The number of nitrogens with zero attached hydrogens (tertiary/aromatic N) is 3. The van der Waals surface area contributed by atoms with Gasteiger partial charge in [0.25, 0.3) is 5.91 Å². The van der Waals surface area contributed by atoms with E-state index >= 15 is 0 Å². The molecule has 1 N–H and O–H groups in total. The smallest absolute Gasteiger partial charge is 0.278 e. The molecule has 0 spiro atoms. The molecule has 6 nitrogen and oxygen atoms in total. The Balaban J connectivity index is 1.54. The first-order chi connectivity index (χ1) is 16.0. The number of benzene rings is 2. The van der Waals surface area contributed by atoms with E-state index < -0.39 is 6.04 Å². The largest absolute Gasteiger partial charge is 0.508 e. The average molecular weight is 437 g/mol. The quantitative estimate of drug-likeness (QED) is 0.447. The number of hydrogen-bond acceptors (Lipinski definition) is 5. The van der Waals surface area contributed by atoms with Gasteiger partial charge in [0, 0.05) is 35.5 Å². The van der Waals surface area contributed by atoms with Crippen molar-refractivity contribution >= 4 is 11.6 Å². The molecule has 6 heteroatoms. The molecule has 1 aliphatic heterocycles. The van der Waals surface area contributed by atoms with E-state index in [1.54, 1.807) is 37.5 Å². The van der Waals surface area contributed by atoms with E-state index in [9.17, 15) is 9.90 Å². The van der Waals surface area contributed by atoms with Crippen molar-refractivity contribution in [1.82, 2.24) is 9.99 Å². The van der Waals surface area contributed by atoms with Gasteiger partial charge in [-0.2, -0.15) is 5.10 Å². The van der Waals surface area contributed by atoms with Gasteiger partial charge in [-0.25, -0.2) is 5.01 Å². The van der Waals surface area contributed by atoms with Gasteiger partial charge in [-0.05, 0) is 32.0 Å². The molecule has 4 aromatic rings. The molecule has 1 amide bonds. The number of pyridine rings is 1. The van der Waals surface area contributed by atoms with Crippen LogP contribution in [0, 0.1) is 13.8 Å². The summed E-state index contributed by atoms with van der Waals surface area (Å²) in [4.78, 5) is 17.9. The van der Waals surface area contributed by atoms with Gasteiger partial charge in [0.15, 0.2) is 0 Å². The van der Waals surface area contributed by atoms with Crippen LogP contribution in [0.25, 0.3) is 11.3 Å². The second kappa shape index (κ2) is 8.39. The normalized spacial score (nSPS) is 15.5. The lowest BCUT2D eigenvalue weighted by molar-refractivity contribution is 0.0708. The van der Waals surface area contributed by atoms with Gasteiger partial charge >= 0.3 is 0 Å². The molecule has 1 atom stereocenters. The van der Waals surface area contributed by atoms with Gasteiger partial charge in [-0.15, -0.1) is 0 Å². The van der Waals surface area contributed by atoms with Crippen LogP contribution in [0.5, 0.6) is 5.75 Å². The number of rotatable bonds is 4. The van der Waals surface area contributed by atoms with E-state index in [-0.39, 0.29) is 11.7 Å². The fourth-order valence-electron chi connectivity index (χ4n) is 4.10. The lowest BCUT2D eigenvalue weighted by atomic mass is 9.98. The second-order valence-corrected chi connectivity index (χ2v) is 8.16. The highest BCUT2D eigenvalue weighted by Gasteiger charge is 2.36. The lowest BCUT2D eigenvalue weighted by Crippen LogP contribution is -2.27. The van der Waals surface area contributed by atoms with Gasteiger partial charge in [0.1, 0.15) is 17.3 Å². The van der Waals surface area contributed by atoms with Gasteiger partial charge < -0.3 is 9.52 Å². The number of carbonyl (C=O) groups excluding carboxylic acids is 1. The Kier molecular flexibility index (Phi) is 5.26. The molecule has 33 heavy (non-hydrogen) atoms.